The average molecular weight is 327 g/mol. The Balaban J connectivity index is 1.84. The summed E-state index contributed by atoms with van der Waals surface area (Å²) in [6.07, 6.45) is 1.72. The molecular formula is C19H22FN3O. The highest BCUT2D eigenvalue weighted by Gasteiger charge is 2.28. The SMILES string of the molecule is CCCOc1ccc(N2N=C(CN)CC2c2ccc(F)cc2)cc1. The molecule has 2 aromatic carbocycles. The van der Waals surface area contributed by atoms with Crippen molar-refractivity contribution in [3.05, 3.63) is 59.9 Å². The van der Waals surface area contributed by atoms with Crippen molar-refractivity contribution in [3.8, 4) is 5.75 Å². The van der Waals surface area contributed by atoms with Gasteiger partial charge in [0.25, 0.3) is 0 Å². The predicted octanol–water partition coefficient (Wildman–Crippen LogP) is 3.88. The Morgan fingerprint density at radius 1 is 1.17 bits per heavy atom. The van der Waals surface area contributed by atoms with Crippen LogP contribution in [0.1, 0.15) is 31.4 Å². The van der Waals surface area contributed by atoms with Gasteiger partial charge in [0, 0.05) is 13.0 Å². The minimum absolute atomic E-state index is 0.0339. The lowest BCUT2D eigenvalue weighted by atomic mass is 10.0. The first kappa shape index (κ1) is 16.5. The van der Waals surface area contributed by atoms with Gasteiger partial charge < -0.3 is 10.5 Å². The molecule has 4 nitrogen and oxygen atoms in total. The molecule has 0 amide bonds. The number of nitrogens with zero attached hydrogens (tertiary/aromatic N) is 2. The van der Waals surface area contributed by atoms with Crippen LogP contribution in [0.5, 0.6) is 5.75 Å². The molecule has 2 N–H and O–H groups in total. The molecule has 0 aromatic heterocycles. The zero-order valence-corrected chi connectivity index (χ0v) is 13.8. The van der Waals surface area contributed by atoms with Gasteiger partial charge in [0.15, 0.2) is 0 Å². The Hall–Kier alpha value is -2.40. The standard InChI is InChI=1S/C19H22FN3O/c1-2-11-24-18-9-7-17(8-10-18)23-19(12-16(13-21)22-23)14-3-5-15(20)6-4-14/h3-10,19H,2,11-13,21H2,1H3. The summed E-state index contributed by atoms with van der Waals surface area (Å²) in [5, 5.41) is 6.60. The maximum absolute atomic E-state index is 13.2. The second-order valence-corrected chi connectivity index (χ2v) is 5.83. The van der Waals surface area contributed by atoms with Crippen molar-refractivity contribution < 1.29 is 9.13 Å². The smallest absolute Gasteiger partial charge is 0.123 e. The van der Waals surface area contributed by atoms with Gasteiger partial charge in [0.1, 0.15) is 11.6 Å². The van der Waals surface area contributed by atoms with E-state index in [9.17, 15) is 4.39 Å². The number of ether oxygens (including phenoxy) is 1. The third-order valence-electron chi connectivity index (χ3n) is 4.04. The van der Waals surface area contributed by atoms with Crippen molar-refractivity contribution in [3.63, 3.8) is 0 Å². The fraction of sp³-hybridized carbons (Fsp3) is 0.316. The highest BCUT2D eigenvalue weighted by Crippen LogP contribution is 2.35. The topological polar surface area (TPSA) is 50.8 Å². The summed E-state index contributed by atoms with van der Waals surface area (Å²) in [4.78, 5) is 0. The summed E-state index contributed by atoms with van der Waals surface area (Å²) < 4.78 is 18.8. The minimum Gasteiger partial charge on any atom is -0.494 e. The number of hydrazone groups is 1. The number of halogens is 1. The summed E-state index contributed by atoms with van der Waals surface area (Å²) in [7, 11) is 0. The van der Waals surface area contributed by atoms with Crippen LogP contribution in [0.3, 0.4) is 0 Å². The second kappa shape index (κ2) is 7.45. The summed E-state index contributed by atoms with van der Waals surface area (Å²) in [5.74, 6) is 0.613. The Labute approximate surface area is 141 Å². The number of hydrogen-bond donors (Lipinski definition) is 1. The molecule has 1 unspecified atom stereocenters. The summed E-state index contributed by atoms with van der Waals surface area (Å²) in [6.45, 7) is 3.21. The van der Waals surface area contributed by atoms with E-state index >= 15 is 0 Å². The molecule has 5 heteroatoms. The largest absolute Gasteiger partial charge is 0.494 e. The second-order valence-electron chi connectivity index (χ2n) is 5.83. The molecule has 24 heavy (non-hydrogen) atoms. The molecule has 126 valence electrons. The van der Waals surface area contributed by atoms with Crippen molar-refractivity contribution in [1.82, 2.24) is 0 Å². The lowest BCUT2D eigenvalue weighted by molar-refractivity contribution is 0.317. The Morgan fingerprint density at radius 3 is 2.50 bits per heavy atom. The minimum atomic E-state index is -0.235. The molecule has 1 atom stereocenters. The average Bonchev–Trinajstić information content (AvgIpc) is 3.05. The van der Waals surface area contributed by atoms with Crippen LogP contribution in [0.4, 0.5) is 10.1 Å². The van der Waals surface area contributed by atoms with E-state index in [2.05, 4.69) is 12.0 Å². The quantitative estimate of drug-likeness (QED) is 0.876. The van der Waals surface area contributed by atoms with Crippen LogP contribution >= 0.6 is 0 Å². The van der Waals surface area contributed by atoms with Crippen LogP contribution in [0.15, 0.2) is 53.6 Å². The Morgan fingerprint density at radius 2 is 1.88 bits per heavy atom. The summed E-state index contributed by atoms with van der Waals surface area (Å²) >= 11 is 0. The summed E-state index contributed by atoms with van der Waals surface area (Å²) in [6, 6.07) is 14.5. The molecule has 1 aliphatic rings. The molecule has 0 spiro atoms. The van der Waals surface area contributed by atoms with Crippen LogP contribution in [0.2, 0.25) is 0 Å². The van der Waals surface area contributed by atoms with E-state index in [4.69, 9.17) is 10.5 Å². The fourth-order valence-electron chi connectivity index (χ4n) is 2.79. The van der Waals surface area contributed by atoms with Crippen molar-refractivity contribution >= 4 is 11.4 Å². The van der Waals surface area contributed by atoms with Gasteiger partial charge in [-0.25, -0.2) is 4.39 Å². The van der Waals surface area contributed by atoms with E-state index in [1.54, 1.807) is 12.1 Å². The maximum Gasteiger partial charge on any atom is 0.123 e. The number of nitrogens with two attached hydrogens (primary N) is 1. The lowest BCUT2D eigenvalue weighted by Crippen LogP contribution is -2.18. The van der Waals surface area contributed by atoms with Gasteiger partial charge in [0.2, 0.25) is 0 Å². The maximum atomic E-state index is 13.2. The molecule has 1 heterocycles. The van der Waals surface area contributed by atoms with Crippen LogP contribution in [-0.4, -0.2) is 18.9 Å². The predicted molar refractivity (Wildman–Crippen MR) is 95.0 cm³/mol. The molecular weight excluding hydrogens is 305 g/mol. The normalized spacial score (nSPS) is 17.0. The molecule has 0 saturated carbocycles. The van der Waals surface area contributed by atoms with E-state index in [1.807, 2.05) is 29.3 Å². The van der Waals surface area contributed by atoms with Gasteiger partial charge in [0.05, 0.1) is 24.0 Å². The van der Waals surface area contributed by atoms with E-state index in [1.165, 1.54) is 12.1 Å². The first-order valence-corrected chi connectivity index (χ1v) is 8.25. The highest BCUT2D eigenvalue weighted by molar-refractivity contribution is 5.90. The molecule has 0 radical (unpaired) electrons. The third-order valence-corrected chi connectivity index (χ3v) is 4.04. The van der Waals surface area contributed by atoms with E-state index in [0.29, 0.717) is 13.2 Å². The molecule has 0 saturated heterocycles. The number of benzene rings is 2. The van der Waals surface area contributed by atoms with Gasteiger partial charge in [-0.1, -0.05) is 19.1 Å². The van der Waals surface area contributed by atoms with Crippen LogP contribution in [0, 0.1) is 5.82 Å². The van der Waals surface area contributed by atoms with Crippen LogP contribution < -0.4 is 15.5 Å². The molecule has 0 aliphatic carbocycles. The molecule has 0 bridgehead atoms. The number of anilines is 1. The first-order chi connectivity index (χ1) is 11.7. The van der Waals surface area contributed by atoms with Crippen molar-refractivity contribution in [2.24, 2.45) is 10.8 Å². The van der Waals surface area contributed by atoms with Crippen LogP contribution in [0.25, 0.3) is 0 Å². The third kappa shape index (κ3) is 3.57. The van der Waals surface area contributed by atoms with Gasteiger partial charge in [-0.3, -0.25) is 5.01 Å². The van der Waals surface area contributed by atoms with Crippen molar-refractivity contribution in [2.45, 2.75) is 25.8 Å². The Kier molecular flexibility index (Phi) is 5.11. The van der Waals surface area contributed by atoms with Crippen molar-refractivity contribution in [1.29, 1.82) is 0 Å². The van der Waals surface area contributed by atoms with Crippen molar-refractivity contribution in [2.75, 3.05) is 18.2 Å². The Bertz CT molecular complexity index is 698. The monoisotopic (exact) mass is 327 g/mol. The summed E-state index contributed by atoms with van der Waals surface area (Å²) in [5.41, 5.74) is 8.71. The molecule has 2 aromatic rings. The number of hydrogen-bond acceptors (Lipinski definition) is 4. The molecule has 0 fully saturated rings. The van der Waals surface area contributed by atoms with Gasteiger partial charge in [-0.2, -0.15) is 5.10 Å². The molecule has 3 rings (SSSR count). The lowest BCUT2D eigenvalue weighted by Gasteiger charge is -2.24. The van der Waals surface area contributed by atoms with Gasteiger partial charge in [-0.15, -0.1) is 0 Å². The zero-order chi connectivity index (χ0) is 16.9. The van der Waals surface area contributed by atoms with E-state index in [-0.39, 0.29) is 11.9 Å². The first-order valence-electron chi connectivity index (χ1n) is 8.25. The van der Waals surface area contributed by atoms with E-state index in [0.717, 1.165) is 35.6 Å². The van der Waals surface area contributed by atoms with Gasteiger partial charge >= 0.3 is 0 Å². The van der Waals surface area contributed by atoms with Gasteiger partial charge in [-0.05, 0) is 48.4 Å². The van der Waals surface area contributed by atoms with Crippen LogP contribution in [-0.2, 0) is 0 Å². The fourth-order valence-corrected chi connectivity index (χ4v) is 2.79. The van der Waals surface area contributed by atoms with E-state index < -0.39 is 0 Å². The number of rotatable bonds is 6. The zero-order valence-electron chi connectivity index (χ0n) is 13.8. The highest BCUT2D eigenvalue weighted by atomic mass is 19.1. The molecule has 1 aliphatic heterocycles.